The molecule has 0 radical (unpaired) electrons. The lowest BCUT2D eigenvalue weighted by molar-refractivity contribution is 1.24. The van der Waals surface area contributed by atoms with Crippen molar-refractivity contribution in [2.24, 2.45) is 4.99 Å². The lowest BCUT2D eigenvalue weighted by Gasteiger charge is -2.00. The number of rotatable bonds is 6. The largest absolute Gasteiger partial charge is 0.255 e. The predicted molar refractivity (Wildman–Crippen MR) is 79.5 cm³/mol. The van der Waals surface area contributed by atoms with Crippen molar-refractivity contribution in [1.29, 1.82) is 0 Å². The molecule has 0 bridgehead atoms. The lowest BCUT2D eigenvalue weighted by Crippen LogP contribution is -1.87. The van der Waals surface area contributed by atoms with Crippen LogP contribution in [0.25, 0.3) is 5.70 Å². The van der Waals surface area contributed by atoms with E-state index in [1.54, 1.807) is 18.5 Å². The van der Waals surface area contributed by atoms with Crippen LogP contribution in [0.15, 0.2) is 72.4 Å². The zero-order valence-corrected chi connectivity index (χ0v) is 10.7. The third-order valence-electron chi connectivity index (χ3n) is 2.24. The third-order valence-corrected chi connectivity index (χ3v) is 2.24. The highest BCUT2D eigenvalue weighted by molar-refractivity contribution is 5.86. The summed E-state index contributed by atoms with van der Waals surface area (Å²) in [6.45, 7) is 9.45. The zero-order chi connectivity index (χ0) is 13.2. The molecular formula is C16H18N2. The molecule has 0 saturated carbocycles. The van der Waals surface area contributed by atoms with Gasteiger partial charge in [-0.05, 0) is 31.1 Å². The quantitative estimate of drug-likeness (QED) is 0.414. The maximum atomic E-state index is 4.41. The van der Waals surface area contributed by atoms with E-state index in [0.29, 0.717) is 0 Å². The Morgan fingerprint density at radius 3 is 2.89 bits per heavy atom. The van der Waals surface area contributed by atoms with E-state index < -0.39 is 0 Å². The Kier molecular flexibility index (Phi) is 6.12. The molecule has 0 saturated heterocycles. The fourth-order valence-corrected chi connectivity index (χ4v) is 1.26. The second-order valence-corrected chi connectivity index (χ2v) is 3.65. The van der Waals surface area contributed by atoms with Crippen LogP contribution in [0.1, 0.15) is 19.0 Å². The van der Waals surface area contributed by atoms with Crippen LogP contribution in [-0.2, 0) is 0 Å². The first-order valence-electron chi connectivity index (χ1n) is 5.86. The van der Waals surface area contributed by atoms with Crippen LogP contribution in [0.3, 0.4) is 0 Å². The molecule has 0 aliphatic heterocycles. The normalized spacial score (nSPS) is 12.2. The summed E-state index contributed by atoms with van der Waals surface area (Å²) in [6, 6.07) is 5.78. The van der Waals surface area contributed by atoms with Crippen molar-refractivity contribution in [3.63, 3.8) is 0 Å². The summed E-state index contributed by atoms with van der Waals surface area (Å²) in [4.78, 5) is 8.71. The molecule has 0 N–H and O–H groups in total. The number of nitrogens with zero attached hydrogens (tertiary/aromatic N) is 2. The van der Waals surface area contributed by atoms with Crippen LogP contribution in [0.2, 0.25) is 0 Å². The fraction of sp³-hybridized carbons (Fsp3) is 0.125. The van der Waals surface area contributed by atoms with Gasteiger partial charge in [-0.15, -0.1) is 0 Å². The van der Waals surface area contributed by atoms with Gasteiger partial charge in [0.15, 0.2) is 0 Å². The zero-order valence-electron chi connectivity index (χ0n) is 10.7. The van der Waals surface area contributed by atoms with E-state index in [4.69, 9.17) is 0 Å². The van der Waals surface area contributed by atoms with Crippen LogP contribution in [0.5, 0.6) is 0 Å². The summed E-state index contributed by atoms with van der Waals surface area (Å²) >= 11 is 0. The minimum Gasteiger partial charge on any atom is -0.255 e. The smallest absolute Gasteiger partial charge is 0.0882 e. The van der Waals surface area contributed by atoms with E-state index in [0.717, 1.165) is 23.4 Å². The van der Waals surface area contributed by atoms with Crippen LogP contribution < -0.4 is 0 Å². The van der Waals surface area contributed by atoms with E-state index in [1.807, 2.05) is 37.3 Å². The summed E-state index contributed by atoms with van der Waals surface area (Å²) in [5, 5.41) is 0. The third kappa shape index (κ3) is 4.74. The Labute approximate surface area is 109 Å². The Morgan fingerprint density at radius 2 is 2.28 bits per heavy atom. The Bertz CT molecular complexity index is 479. The van der Waals surface area contributed by atoms with Gasteiger partial charge in [-0.3, -0.25) is 9.98 Å². The summed E-state index contributed by atoms with van der Waals surface area (Å²) in [7, 11) is 0. The minimum atomic E-state index is 0.780. The highest BCUT2D eigenvalue weighted by Gasteiger charge is 1.98. The molecule has 2 nitrogen and oxygen atoms in total. The molecule has 1 aromatic heterocycles. The van der Waals surface area contributed by atoms with Gasteiger partial charge in [0, 0.05) is 12.4 Å². The van der Waals surface area contributed by atoms with Gasteiger partial charge in [-0.25, -0.2) is 0 Å². The second-order valence-electron chi connectivity index (χ2n) is 3.65. The molecule has 0 spiro atoms. The monoisotopic (exact) mass is 238 g/mol. The van der Waals surface area contributed by atoms with E-state index in [-0.39, 0.29) is 0 Å². The lowest BCUT2D eigenvalue weighted by atomic mass is 10.2. The average molecular weight is 238 g/mol. The Morgan fingerprint density at radius 1 is 1.44 bits per heavy atom. The predicted octanol–water partition coefficient (Wildman–Crippen LogP) is 4.20. The summed E-state index contributed by atoms with van der Waals surface area (Å²) < 4.78 is 0. The molecule has 1 rings (SSSR count). The Hall–Kier alpha value is -2.22. The van der Waals surface area contributed by atoms with Crippen molar-refractivity contribution in [3.8, 4) is 0 Å². The standard InChI is InChI=1S/C16H18N2/c1-4-6-7-10-16(18-13-14(3)5-2)15-11-8-9-12-17-15/h4-6,8-13H,2-3,7H2,1H3/b6-4-,16-10-,18-13-. The van der Waals surface area contributed by atoms with Crippen molar-refractivity contribution in [2.75, 3.05) is 0 Å². The number of pyridine rings is 1. The molecule has 2 heteroatoms. The maximum absolute atomic E-state index is 4.41. The minimum absolute atomic E-state index is 0.780. The van der Waals surface area contributed by atoms with Crippen molar-refractivity contribution >= 4 is 11.9 Å². The van der Waals surface area contributed by atoms with Crippen molar-refractivity contribution in [1.82, 2.24) is 4.98 Å². The first-order chi connectivity index (χ1) is 8.77. The molecular weight excluding hydrogens is 220 g/mol. The van der Waals surface area contributed by atoms with Gasteiger partial charge in [-0.1, -0.05) is 43.5 Å². The SMILES string of the molecule is C=CC(=C)/C=N\C(=C/C/C=C\C)c1ccccn1. The number of aliphatic imine (C=N–C) groups is 1. The van der Waals surface area contributed by atoms with Crippen LogP contribution in [0.4, 0.5) is 0 Å². The van der Waals surface area contributed by atoms with Gasteiger partial charge in [0.05, 0.1) is 11.4 Å². The summed E-state index contributed by atoms with van der Waals surface area (Å²) in [5.74, 6) is 0. The number of hydrogen-bond acceptors (Lipinski definition) is 2. The maximum Gasteiger partial charge on any atom is 0.0882 e. The summed E-state index contributed by atoms with van der Waals surface area (Å²) in [6.07, 6.45) is 12.1. The van der Waals surface area contributed by atoms with E-state index in [1.165, 1.54) is 0 Å². The van der Waals surface area contributed by atoms with Gasteiger partial charge in [0.2, 0.25) is 0 Å². The van der Waals surface area contributed by atoms with Gasteiger partial charge in [0.1, 0.15) is 0 Å². The van der Waals surface area contributed by atoms with Gasteiger partial charge < -0.3 is 0 Å². The molecule has 0 fully saturated rings. The molecule has 1 aromatic rings. The molecule has 1 heterocycles. The van der Waals surface area contributed by atoms with Gasteiger partial charge in [-0.2, -0.15) is 0 Å². The van der Waals surface area contributed by atoms with Crippen LogP contribution in [-0.4, -0.2) is 11.2 Å². The Balaban J connectivity index is 2.95. The van der Waals surface area contributed by atoms with E-state index in [2.05, 4.69) is 29.2 Å². The highest BCUT2D eigenvalue weighted by atomic mass is 14.8. The average Bonchev–Trinajstić information content (AvgIpc) is 2.43. The molecule has 0 amide bonds. The number of allylic oxidation sites excluding steroid dienone is 5. The summed E-state index contributed by atoms with van der Waals surface area (Å²) in [5.41, 5.74) is 2.48. The second kappa shape index (κ2) is 7.96. The van der Waals surface area contributed by atoms with Crippen molar-refractivity contribution in [2.45, 2.75) is 13.3 Å². The molecule has 92 valence electrons. The molecule has 0 aromatic carbocycles. The van der Waals surface area contributed by atoms with E-state index in [9.17, 15) is 0 Å². The van der Waals surface area contributed by atoms with Gasteiger partial charge >= 0.3 is 0 Å². The van der Waals surface area contributed by atoms with Crippen LogP contribution in [0, 0.1) is 0 Å². The van der Waals surface area contributed by atoms with E-state index >= 15 is 0 Å². The molecule has 0 atom stereocenters. The molecule has 0 unspecified atom stereocenters. The molecule has 0 aliphatic carbocycles. The van der Waals surface area contributed by atoms with Crippen molar-refractivity contribution in [3.05, 3.63) is 73.1 Å². The number of aromatic nitrogens is 1. The van der Waals surface area contributed by atoms with Gasteiger partial charge in [0.25, 0.3) is 0 Å². The topological polar surface area (TPSA) is 25.2 Å². The fourth-order valence-electron chi connectivity index (χ4n) is 1.26. The van der Waals surface area contributed by atoms with Crippen molar-refractivity contribution < 1.29 is 0 Å². The molecule has 18 heavy (non-hydrogen) atoms. The number of hydrogen-bond donors (Lipinski definition) is 0. The highest BCUT2D eigenvalue weighted by Crippen LogP contribution is 2.14. The first kappa shape index (κ1) is 13.8. The van der Waals surface area contributed by atoms with Crippen LogP contribution >= 0.6 is 0 Å². The molecule has 0 aliphatic rings. The first-order valence-corrected chi connectivity index (χ1v) is 5.86.